The second kappa shape index (κ2) is 5.04. The smallest absolute Gasteiger partial charge is 0.316 e. The first-order chi connectivity index (χ1) is 10.4. The van der Waals surface area contributed by atoms with Gasteiger partial charge in [0.1, 0.15) is 11.5 Å². The molecule has 2 heterocycles. The quantitative estimate of drug-likeness (QED) is 0.332. The number of aldehydes is 1. The number of aliphatic hydroxyl groups excluding tert-OH is 1. The van der Waals surface area contributed by atoms with E-state index >= 15 is 0 Å². The number of nitrogens with zero attached hydrogens (tertiary/aromatic N) is 2. The first-order valence-electron chi connectivity index (χ1n) is 6.65. The molecule has 1 aliphatic heterocycles. The first-order valence-corrected chi connectivity index (χ1v) is 8.09. The second-order valence-electron chi connectivity index (χ2n) is 5.15. The monoisotopic (exact) mass is 329 g/mol. The van der Waals surface area contributed by atoms with Crippen molar-refractivity contribution >= 4 is 28.1 Å². The summed E-state index contributed by atoms with van der Waals surface area (Å²) in [5.74, 6) is 1.07. The molecule has 1 atom stereocenters. The van der Waals surface area contributed by atoms with E-state index in [0.29, 0.717) is 11.5 Å². The molecule has 11 heteroatoms. The summed E-state index contributed by atoms with van der Waals surface area (Å²) >= 11 is 0. The van der Waals surface area contributed by atoms with Gasteiger partial charge in [-0.1, -0.05) is 0 Å². The van der Waals surface area contributed by atoms with E-state index < -0.39 is 15.1 Å². The summed E-state index contributed by atoms with van der Waals surface area (Å²) in [6.45, 7) is -0.252. The normalized spacial score (nSPS) is 26.2. The van der Waals surface area contributed by atoms with Gasteiger partial charge in [-0.25, -0.2) is 4.98 Å². The van der Waals surface area contributed by atoms with Gasteiger partial charge in [-0.05, 0) is 12.8 Å². The number of carbonyl (C=O) groups excluding carboxylic acids is 1. The zero-order chi connectivity index (χ0) is 16.0. The molecular weight excluding hydrogens is 314 g/mol. The number of fused-ring (bicyclic) bond motifs is 1. The standard InChI is InChI=1S/C11H15N5O5S/c17-4-3-12-9-7-10(14-8(13-7)6-1-2-6)16-11(5-18,15-9)22(19,20)21/h5-6,16-17H,1-4H2,(H,12,15)(H,13,14)(H,19,20,21). The number of imidazole rings is 1. The minimum Gasteiger partial charge on any atom is -0.394 e. The Labute approximate surface area is 125 Å². The fraction of sp³-hybridized carbons (Fsp3) is 0.545. The van der Waals surface area contributed by atoms with Crippen LogP contribution in [0.25, 0.3) is 0 Å². The van der Waals surface area contributed by atoms with Crippen molar-refractivity contribution in [1.82, 2.24) is 15.3 Å². The lowest BCUT2D eigenvalue weighted by Gasteiger charge is -2.32. The number of H-pyrrole nitrogens is 1. The molecule has 1 unspecified atom stereocenters. The number of rotatable bonds is 5. The highest BCUT2D eigenvalue weighted by molar-refractivity contribution is 7.88. The molecule has 1 fully saturated rings. The highest BCUT2D eigenvalue weighted by atomic mass is 32.2. The predicted molar refractivity (Wildman–Crippen MR) is 76.2 cm³/mol. The molecule has 5 N–H and O–H groups in total. The van der Waals surface area contributed by atoms with Gasteiger partial charge in [0.15, 0.2) is 17.9 Å². The maximum atomic E-state index is 11.6. The number of anilines is 1. The average molecular weight is 329 g/mol. The molecule has 1 aromatic rings. The van der Waals surface area contributed by atoms with Crippen molar-refractivity contribution < 1.29 is 22.9 Å². The zero-order valence-corrected chi connectivity index (χ0v) is 12.2. The molecule has 0 bridgehead atoms. The van der Waals surface area contributed by atoms with Gasteiger partial charge < -0.3 is 20.7 Å². The van der Waals surface area contributed by atoms with Crippen molar-refractivity contribution in [2.75, 3.05) is 18.5 Å². The first kappa shape index (κ1) is 14.9. The molecule has 1 aliphatic carbocycles. The maximum Gasteiger partial charge on any atom is 0.316 e. The molecule has 120 valence electrons. The van der Waals surface area contributed by atoms with E-state index in [4.69, 9.17) is 5.11 Å². The van der Waals surface area contributed by atoms with Crippen LogP contribution in [0.2, 0.25) is 0 Å². The number of aliphatic hydroxyl groups is 1. The Morgan fingerprint density at radius 1 is 1.41 bits per heavy atom. The fourth-order valence-electron chi connectivity index (χ4n) is 2.18. The lowest BCUT2D eigenvalue weighted by Crippen LogP contribution is -2.63. The molecule has 0 radical (unpaired) electrons. The van der Waals surface area contributed by atoms with Gasteiger partial charge in [-0.15, -0.1) is 0 Å². The lowest BCUT2D eigenvalue weighted by molar-refractivity contribution is -0.109. The molecule has 2 aliphatic rings. The minimum absolute atomic E-state index is 0.0000312. The van der Waals surface area contributed by atoms with Gasteiger partial charge in [0.05, 0.1) is 13.2 Å². The van der Waals surface area contributed by atoms with Crippen LogP contribution in [-0.4, -0.2) is 58.3 Å². The van der Waals surface area contributed by atoms with Crippen LogP contribution >= 0.6 is 0 Å². The fourth-order valence-corrected chi connectivity index (χ4v) is 2.75. The average Bonchev–Trinajstić information content (AvgIpc) is 3.23. The molecule has 22 heavy (non-hydrogen) atoms. The minimum atomic E-state index is -4.82. The Morgan fingerprint density at radius 2 is 2.14 bits per heavy atom. The van der Waals surface area contributed by atoms with E-state index in [0.717, 1.165) is 12.8 Å². The predicted octanol–water partition coefficient (Wildman–Crippen LogP) is -1.22. The summed E-state index contributed by atoms with van der Waals surface area (Å²) < 4.78 is 32.5. The number of hydrogen-bond acceptors (Lipinski definition) is 7. The lowest BCUT2D eigenvalue weighted by atomic mass is 10.3. The number of carbonyl (C=O) groups is 1. The Morgan fingerprint density at radius 3 is 2.68 bits per heavy atom. The highest BCUT2D eigenvalue weighted by Gasteiger charge is 2.49. The summed E-state index contributed by atoms with van der Waals surface area (Å²) in [7, 11) is -4.82. The van der Waals surface area contributed by atoms with Crippen LogP contribution in [0.1, 0.15) is 30.3 Å². The van der Waals surface area contributed by atoms with Gasteiger partial charge in [-0.2, -0.15) is 8.42 Å². The van der Waals surface area contributed by atoms with Crippen molar-refractivity contribution in [1.29, 1.82) is 0 Å². The van der Waals surface area contributed by atoms with Crippen LogP contribution in [0, 0.1) is 0 Å². The van der Waals surface area contributed by atoms with Crippen LogP contribution < -0.4 is 10.6 Å². The second-order valence-corrected chi connectivity index (χ2v) is 6.75. The van der Waals surface area contributed by atoms with Crippen molar-refractivity contribution in [3.8, 4) is 0 Å². The molecule has 1 aromatic heterocycles. The van der Waals surface area contributed by atoms with Crippen LogP contribution in [0.15, 0.2) is 4.99 Å². The van der Waals surface area contributed by atoms with E-state index in [-0.39, 0.29) is 37.0 Å². The van der Waals surface area contributed by atoms with E-state index in [9.17, 15) is 17.8 Å². The molecule has 3 rings (SSSR count). The van der Waals surface area contributed by atoms with Crippen LogP contribution in [0.3, 0.4) is 0 Å². The summed E-state index contributed by atoms with van der Waals surface area (Å²) in [5.41, 5.74) is 0.386. The maximum absolute atomic E-state index is 11.6. The van der Waals surface area contributed by atoms with Gasteiger partial charge in [0.2, 0.25) is 0 Å². The highest BCUT2D eigenvalue weighted by Crippen LogP contribution is 2.40. The van der Waals surface area contributed by atoms with Gasteiger partial charge in [0.25, 0.3) is 4.99 Å². The van der Waals surface area contributed by atoms with Gasteiger partial charge in [-0.3, -0.25) is 14.3 Å². The number of aromatic nitrogens is 2. The van der Waals surface area contributed by atoms with Crippen molar-refractivity contribution in [2.45, 2.75) is 23.8 Å². The zero-order valence-electron chi connectivity index (χ0n) is 11.4. The topological polar surface area (TPSA) is 157 Å². The largest absolute Gasteiger partial charge is 0.394 e. The Balaban J connectivity index is 2.09. The van der Waals surface area contributed by atoms with Crippen molar-refractivity contribution in [3.05, 3.63) is 11.5 Å². The third-order valence-corrected chi connectivity index (χ3v) is 4.59. The molecule has 0 spiro atoms. The van der Waals surface area contributed by atoms with Crippen LogP contribution in [0.4, 0.5) is 5.82 Å². The number of aliphatic imine (C=N–C) groups is 1. The third-order valence-electron chi connectivity index (χ3n) is 3.47. The van der Waals surface area contributed by atoms with Crippen LogP contribution in [0.5, 0.6) is 0 Å². The van der Waals surface area contributed by atoms with Crippen molar-refractivity contribution in [2.24, 2.45) is 4.99 Å². The summed E-state index contributed by atoms with van der Waals surface area (Å²) in [6, 6.07) is 0. The number of aromatic amines is 1. The molecular formula is C11H15N5O5S. The SMILES string of the molecule is O=CC1(S(=O)(=O)O)NC(=NCCO)c2[nH]c(C3CC3)nc2N1. The van der Waals surface area contributed by atoms with E-state index in [1.807, 2.05) is 0 Å². The molecule has 0 saturated heterocycles. The van der Waals surface area contributed by atoms with E-state index in [2.05, 4.69) is 25.6 Å². The van der Waals surface area contributed by atoms with Gasteiger partial charge in [0, 0.05) is 5.92 Å². The number of hydrogen-bond donors (Lipinski definition) is 5. The van der Waals surface area contributed by atoms with E-state index in [1.54, 1.807) is 0 Å². The molecule has 0 aromatic carbocycles. The molecule has 0 amide bonds. The third kappa shape index (κ3) is 2.36. The Bertz CT molecular complexity index is 738. The molecule has 1 saturated carbocycles. The number of nitrogens with one attached hydrogen (secondary N) is 3. The summed E-state index contributed by atoms with van der Waals surface area (Å²) in [6.07, 6.45) is 1.98. The van der Waals surface area contributed by atoms with Crippen LogP contribution in [-0.2, 0) is 14.9 Å². The summed E-state index contributed by atoms with van der Waals surface area (Å²) in [4.78, 5) is 20.1. The van der Waals surface area contributed by atoms with Gasteiger partial charge >= 0.3 is 10.1 Å². The Hall–Kier alpha value is -1.98. The molecule has 10 nitrogen and oxygen atoms in total. The summed E-state index contributed by atoms with van der Waals surface area (Å²) in [5, 5.41) is 13.7. The number of amidine groups is 1. The Kier molecular flexibility index (Phi) is 3.42. The van der Waals surface area contributed by atoms with E-state index in [1.165, 1.54) is 0 Å². The van der Waals surface area contributed by atoms with Crippen molar-refractivity contribution in [3.63, 3.8) is 0 Å².